The summed E-state index contributed by atoms with van der Waals surface area (Å²) in [5.74, 6) is 0.206. The zero-order valence-corrected chi connectivity index (χ0v) is 12.5. The molecule has 3 aromatic rings. The number of nitrogens with zero attached hydrogens (tertiary/aromatic N) is 3. The van der Waals surface area contributed by atoms with Gasteiger partial charge in [-0.1, -0.05) is 12.1 Å². The van der Waals surface area contributed by atoms with E-state index < -0.39 is 0 Å². The Balaban J connectivity index is 1.67. The zero-order valence-electron chi connectivity index (χ0n) is 11.7. The first-order chi connectivity index (χ1) is 10.1. The Labute approximate surface area is 125 Å². The van der Waals surface area contributed by atoms with Crippen LogP contribution in [0.1, 0.15) is 5.69 Å². The Morgan fingerprint density at radius 3 is 3.00 bits per heavy atom. The molecule has 108 valence electrons. The lowest BCUT2D eigenvalue weighted by Crippen LogP contribution is -2.20. The highest BCUT2D eigenvalue weighted by Gasteiger charge is 2.11. The van der Waals surface area contributed by atoms with Crippen molar-refractivity contribution < 1.29 is 9.53 Å². The predicted octanol–water partition coefficient (Wildman–Crippen LogP) is 2.36. The van der Waals surface area contributed by atoms with Gasteiger partial charge >= 0.3 is 0 Å². The second-order valence-corrected chi connectivity index (χ2v) is 5.43. The average Bonchev–Trinajstić information content (AvgIpc) is 3.01. The summed E-state index contributed by atoms with van der Waals surface area (Å²) in [6.07, 6.45) is 0. The number of thiazole rings is 1. The number of aromatic nitrogens is 3. The fourth-order valence-corrected chi connectivity index (χ4v) is 2.69. The maximum absolute atomic E-state index is 11.8. The summed E-state index contributed by atoms with van der Waals surface area (Å²) in [4.78, 5) is 16.0. The first kappa shape index (κ1) is 13.6. The Bertz CT molecular complexity index is 793. The summed E-state index contributed by atoms with van der Waals surface area (Å²) in [7, 11) is 1.84. The van der Waals surface area contributed by atoms with Crippen LogP contribution in [-0.4, -0.2) is 27.3 Å². The molecule has 2 heterocycles. The van der Waals surface area contributed by atoms with Crippen LogP contribution in [0.25, 0.3) is 10.9 Å². The molecule has 0 radical (unpaired) electrons. The maximum Gasteiger partial charge on any atom is 0.264 e. The molecule has 0 saturated carbocycles. The van der Waals surface area contributed by atoms with Gasteiger partial charge in [-0.05, 0) is 19.1 Å². The minimum absolute atomic E-state index is 0.0976. The summed E-state index contributed by atoms with van der Waals surface area (Å²) < 4.78 is 7.24. The van der Waals surface area contributed by atoms with Crippen LogP contribution < -0.4 is 10.1 Å². The third kappa shape index (κ3) is 2.87. The highest BCUT2D eigenvalue weighted by Crippen LogP contribution is 2.23. The molecule has 6 nitrogen and oxygen atoms in total. The molecule has 7 heteroatoms. The molecule has 1 amide bonds. The van der Waals surface area contributed by atoms with Crippen LogP contribution in [0.5, 0.6) is 5.88 Å². The van der Waals surface area contributed by atoms with Crippen molar-refractivity contribution in [3.8, 4) is 5.88 Å². The van der Waals surface area contributed by atoms with Gasteiger partial charge in [-0.25, -0.2) is 4.98 Å². The fourth-order valence-electron chi connectivity index (χ4n) is 1.99. The van der Waals surface area contributed by atoms with E-state index in [0.29, 0.717) is 11.0 Å². The van der Waals surface area contributed by atoms with Crippen molar-refractivity contribution in [1.29, 1.82) is 0 Å². The molecule has 1 N–H and O–H groups in total. The number of carbonyl (C=O) groups is 1. The molecule has 3 rings (SSSR count). The second kappa shape index (κ2) is 5.53. The molecule has 0 aliphatic heterocycles. The summed E-state index contributed by atoms with van der Waals surface area (Å²) in [5, 5.41) is 10.3. The summed E-state index contributed by atoms with van der Waals surface area (Å²) in [5.41, 5.74) is 1.84. The maximum atomic E-state index is 11.8. The normalized spacial score (nSPS) is 10.8. The number of benzene rings is 1. The van der Waals surface area contributed by atoms with Crippen LogP contribution >= 0.6 is 11.3 Å². The monoisotopic (exact) mass is 302 g/mol. The van der Waals surface area contributed by atoms with Crippen molar-refractivity contribution in [1.82, 2.24) is 14.8 Å². The van der Waals surface area contributed by atoms with E-state index in [2.05, 4.69) is 15.4 Å². The Hall–Kier alpha value is -2.41. The number of carbonyl (C=O) groups excluding carboxylic acids is 1. The van der Waals surface area contributed by atoms with Crippen molar-refractivity contribution in [3.05, 3.63) is 35.3 Å². The molecule has 0 spiro atoms. The van der Waals surface area contributed by atoms with Crippen molar-refractivity contribution in [2.24, 2.45) is 7.05 Å². The van der Waals surface area contributed by atoms with Gasteiger partial charge < -0.3 is 4.74 Å². The van der Waals surface area contributed by atoms with Gasteiger partial charge in [0.05, 0.1) is 16.6 Å². The molecule has 21 heavy (non-hydrogen) atoms. The first-order valence-electron chi connectivity index (χ1n) is 6.40. The van der Waals surface area contributed by atoms with Crippen LogP contribution in [0.2, 0.25) is 0 Å². The number of aryl methyl sites for hydroxylation is 2. The second-order valence-electron chi connectivity index (χ2n) is 4.58. The van der Waals surface area contributed by atoms with E-state index in [4.69, 9.17) is 4.74 Å². The van der Waals surface area contributed by atoms with Gasteiger partial charge in [-0.3, -0.25) is 14.8 Å². The van der Waals surface area contributed by atoms with Gasteiger partial charge in [-0.15, -0.1) is 16.4 Å². The van der Waals surface area contributed by atoms with E-state index >= 15 is 0 Å². The number of para-hydroxylation sites is 1. The SMILES string of the molecule is Cc1csc(NC(=O)COc2nn(C)c3ccccc23)n1. The smallest absolute Gasteiger partial charge is 0.264 e. The van der Waals surface area contributed by atoms with Crippen molar-refractivity contribution >= 4 is 33.3 Å². The zero-order chi connectivity index (χ0) is 14.8. The van der Waals surface area contributed by atoms with Gasteiger partial charge in [0.25, 0.3) is 5.91 Å². The highest BCUT2D eigenvalue weighted by atomic mass is 32.1. The Morgan fingerprint density at radius 2 is 2.24 bits per heavy atom. The van der Waals surface area contributed by atoms with Crippen LogP contribution in [0.4, 0.5) is 5.13 Å². The largest absolute Gasteiger partial charge is 0.466 e. The molecule has 1 aromatic carbocycles. The third-order valence-electron chi connectivity index (χ3n) is 2.93. The number of fused-ring (bicyclic) bond motifs is 1. The van der Waals surface area contributed by atoms with E-state index in [0.717, 1.165) is 16.6 Å². The van der Waals surface area contributed by atoms with E-state index in [1.165, 1.54) is 11.3 Å². The standard InChI is InChI=1S/C14H14N4O2S/c1-9-8-21-14(15-9)16-12(19)7-20-13-10-5-3-4-6-11(10)18(2)17-13/h3-6,8H,7H2,1-2H3,(H,15,16,19). The molecule has 0 atom stereocenters. The number of nitrogens with one attached hydrogen (secondary N) is 1. The summed E-state index contributed by atoms with van der Waals surface area (Å²) >= 11 is 1.39. The Morgan fingerprint density at radius 1 is 1.43 bits per heavy atom. The molecule has 0 saturated heterocycles. The molecular weight excluding hydrogens is 288 g/mol. The Kier molecular flexibility index (Phi) is 3.57. The highest BCUT2D eigenvalue weighted by molar-refractivity contribution is 7.13. The number of rotatable bonds is 4. The summed E-state index contributed by atoms with van der Waals surface area (Å²) in [6.45, 7) is 1.78. The van der Waals surface area contributed by atoms with Gasteiger partial charge in [0.1, 0.15) is 0 Å². The molecule has 0 fully saturated rings. The number of anilines is 1. The molecule has 2 aromatic heterocycles. The van der Waals surface area contributed by atoms with Gasteiger partial charge in [0, 0.05) is 12.4 Å². The molecule has 0 aliphatic rings. The number of hydrogen-bond acceptors (Lipinski definition) is 5. The van der Waals surface area contributed by atoms with Crippen LogP contribution in [0, 0.1) is 6.92 Å². The first-order valence-corrected chi connectivity index (χ1v) is 7.28. The van der Waals surface area contributed by atoms with Gasteiger partial charge in [-0.2, -0.15) is 0 Å². The van der Waals surface area contributed by atoms with Crippen LogP contribution in [-0.2, 0) is 11.8 Å². The predicted molar refractivity (Wildman–Crippen MR) is 81.7 cm³/mol. The molecule has 0 aliphatic carbocycles. The number of ether oxygens (including phenoxy) is 1. The van der Waals surface area contributed by atoms with E-state index in [-0.39, 0.29) is 12.5 Å². The topological polar surface area (TPSA) is 69.0 Å². The molecule has 0 bridgehead atoms. The minimum atomic E-state index is -0.251. The van der Waals surface area contributed by atoms with Crippen LogP contribution in [0.15, 0.2) is 29.6 Å². The van der Waals surface area contributed by atoms with Gasteiger partial charge in [0.15, 0.2) is 11.7 Å². The van der Waals surface area contributed by atoms with E-state index in [1.807, 2.05) is 43.6 Å². The quantitative estimate of drug-likeness (QED) is 0.803. The van der Waals surface area contributed by atoms with Crippen molar-refractivity contribution in [2.75, 3.05) is 11.9 Å². The van der Waals surface area contributed by atoms with E-state index in [1.54, 1.807) is 4.68 Å². The van der Waals surface area contributed by atoms with Crippen LogP contribution in [0.3, 0.4) is 0 Å². The van der Waals surface area contributed by atoms with Crippen molar-refractivity contribution in [2.45, 2.75) is 6.92 Å². The number of amides is 1. The molecule has 0 unspecified atom stereocenters. The fraction of sp³-hybridized carbons (Fsp3) is 0.214. The average molecular weight is 302 g/mol. The lowest BCUT2D eigenvalue weighted by atomic mass is 10.2. The summed E-state index contributed by atoms with van der Waals surface area (Å²) in [6, 6.07) is 7.72. The molecular formula is C14H14N4O2S. The van der Waals surface area contributed by atoms with E-state index in [9.17, 15) is 4.79 Å². The van der Waals surface area contributed by atoms with Crippen molar-refractivity contribution in [3.63, 3.8) is 0 Å². The number of hydrogen-bond donors (Lipinski definition) is 1. The lowest BCUT2D eigenvalue weighted by molar-refractivity contribution is -0.118. The lowest BCUT2D eigenvalue weighted by Gasteiger charge is -2.03. The van der Waals surface area contributed by atoms with Gasteiger partial charge in [0.2, 0.25) is 5.88 Å². The third-order valence-corrected chi connectivity index (χ3v) is 3.80. The minimum Gasteiger partial charge on any atom is -0.466 e.